The van der Waals surface area contributed by atoms with Gasteiger partial charge in [-0.3, -0.25) is 9.59 Å². The van der Waals surface area contributed by atoms with Crippen LogP contribution in [0.3, 0.4) is 0 Å². The van der Waals surface area contributed by atoms with Crippen molar-refractivity contribution < 1.29 is 22.8 Å². The fourth-order valence-corrected chi connectivity index (χ4v) is 2.65. The molecule has 0 bridgehead atoms. The van der Waals surface area contributed by atoms with Crippen molar-refractivity contribution in [2.24, 2.45) is 0 Å². The first kappa shape index (κ1) is 18.6. The molecule has 1 fully saturated rings. The fraction of sp³-hybridized carbons (Fsp3) is 0.500. The summed E-state index contributed by atoms with van der Waals surface area (Å²) in [6.45, 7) is 1.58. The number of alkyl halides is 4. The highest BCUT2D eigenvalue weighted by molar-refractivity contribution is 6.17. The summed E-state index contributed by atoms with van der Waals surface area (Å²) in [5.41, 5.74) is -0.571. The van der Waals surface area contributed by atoms with Crippen molar-refractivity contribution in [2.45, 2.75) is 19.0 Å². The van der Waals surface area contributed by atoms with E-state index in [-0.39, 0.29) is 17.4 Å². The monoisotopic (exact) mass is 362 g/mol. The molecule has 0 spiro atoms. The molecule has 1 aliphatic rings. The van der Waals surface area contributed by atoms with E-state index in [4.69, 9.17) is 11.6 Å². The highest BCUT2D eigenvalue weighted by atomic mass is 35.5. The third-order valence-electron chi connectivity index (χ3n) is 3.90. The van der Waals surface area contributed by atoms with Crippen LogP contribution in [-0.4, -0.2) is 53.7 Å². The maximum Gasteiger partial charge on any atom is 0.416 e. The Kier molecular flexibility index (Phi) is 6.10. The second kappa shape index (κ2) is 7.88. The second-order valence-corrected chi connectivity index (χ2v) is 5.92. The van der Waals surface area contributed by atoms with E-state index in [0.717, 1.165) is 12.1 Å². The Morgan fingerprint density at radius 3 is 2.04 bits per heavy atom. The van der Waals surface area contributed by atoms with Gasteiger partial charge in [0.25, 0.3) is 5.91 Å². The third-order valence-corrected chi connectivity index (χ3v) is 4.17. The minimum atomic E-state index is -4.42. The van der Waals surface area contributed by atoms with Gasteiger partial charge < -0.3 is 9.80 Å². The Labute approximate surface area is 143 Å². The van der Waals surface area contributed by atoms with E-state index in [1.54, 1.807) is 9.80 Å². The van der Waals surface area contributed by atoms with Crippen molar-refractivity contribution >= 4 is 23.4 Å². The summed E-state index contributed by atoms with van der Waals surface area (Å²) in [5, 5.41) is 0. The summed E-state index contributed by atoms with van der Waals surface area (Å²) in [7, 11) is 0. The van der Waals surface area contributed by atoms with E-state index in [9.17, 15) is 22.8 Å². The Morgan fingerprint density at radius 1 is 1.00 bits per heavy atom. The number of piperazine rings is 1. The largest absolute Gasteiger partial charge is 0.416 e. The molecule has 0 atom stereocenters. The zero-order chi connectivity index (χ0) is 17.7. The van der Waals surface area contributed by atoms with Crippen LogP contribution in [0, 0.1) is 0 Å². The predicted octanol–water partition coefficient (Wildman–Crippen LogP) is 3.01. The lowest BCUT2D eigenvalue weighted by atomic mass is 10.1. The van der Waals surface area contributed by atoms with Crippen LogP contribution < -0.4 is 0 Å². The van der Waals surface area contributed by atoms with Crippen molar-refractivity contribution in [2.75, 3.05) is 32.1 Å². The first-order valence-corrected chi connectivity index (χ1v) is 8.16. The third kappa shape index (κ3) is 4.63. The molecule has 2 amide bonds. The summed E-state index contributed by atoms with van der Waals surface area (Å²) >= 11 is 5.56. The van der Waals surface area contributed by atoms with Gasteiger partial charge in [-0.25, -0.2) is 0 Å². The van der Waals surface area contributed by atoms with E-state index in [2.05, 4.69) is 0 Å². The summed E-state index contributed by atoms with van der Waals surface area (Å²) in [4.78, 5) is 27.5. The van der Waals surface area contributed by atoms with Gasteiger partial charge in [0.2, 0.25) is 5.91 Å². The van der Waals surface area contributed by atoms with Crippen LogP contribution in [0.4, 0.5) is 13.2 Å². The molecule has 1 aromatic carbocycles. The molecule has 1 aromatic rings. The topological polar surface area (TPSA) is 40.6 Å². The molecule has 1 aliphatic heterocycles. The average molecular weight is 363 g/mol. The van der Waals surface area contributed by atoms with Gasteiger partial charge in [0.05, 0.1) is 5.56 Å². The highest BCUT2D eigenvalue weighted by Gasteiger charge is 2.31. The quantitative estimate of drug-likeness (QED) is 0.772. The van der Waals surface area contributed by atoms with Crippen LogP contribution in [0.5, 0.6) is 0 Å². The zero-order valence-electron chi connectivity index (χ0n) is 13.0. The minimum Gasteiger partial charge on any atom is -0.339 e. The predicted molar refractivity (Wildman–Crippen MR) is 83.9 cm³/mol. The standard InChI is InChI=1S/C16H18ClF3N2O2/c17-7-1-2-14(23)21-8-10-22(11-9-21)15(24)12-3-5-13(6-4-12)16(18,19)20/h3-6H,1-2,7-11H2. The molecule has 0 radical (unpaired) electrons. The fourth-order valence-electron chi connectivity index (χ4n) is 2.52. The minimum absolute atomic E-state index is 0.0114. The molecule has 0 N–H and O–H groups in total. The number of halogens is 4. The normalized spacial score (nSPS) is 15.5. The molecule has 0 unspecified atom stereocenters. The summed E-state index contributed by atoms with van der Waals surface area (Å²) < 4.78 is 37.6. The number of hydrogen-bond acceptors (Lipinski definition) is 2. The number of carbonyl (C=O) groups is 2. The molecule has 2 rings (SSSR count). The molecule has 1 saturated heterocycles. The van der Waals surface area contributed by atoms with Gasteiger partial charge in [0.1, 0.15) is 0 Å². The van der Waals surface area contributed by atoms with Crippen LogP contribution >= 0.6 is 11.6 Å². The molecule has 0 saturated carbocycles. The molecule has 4 nitrogen and oxygen atoms in total. The lowest BCUT2D eigenvalue weighted by Gasteiger charge is -2.35. The Bertz CT molecular complexity index is 582. The molecule has 8 heteroatoms. The van der Waals surface area contributed by atoms with Crippen LogP contribution in [0.15, 0.2) is 24.3 Å². The SMILES string of the molecule is O=C(CCCCl)N1CCN(C(=O)c2ccc(C(F)(F)F)cc2)CC1. The first-order valence-electron chi connectivity index (χ1n) is 7.63. The molecular weight excluding hydrogens is 345 g/mol. The Morgan fingerprint density at radius 2 is 1.54 bits per heavy atom. The summed E-state index contributed by atoms with van der Waals surface area (Å²) in [6, 6.07) is 4.17. The van der Waals surface area contributed by atoms with Gasteiger partial charge in [0.15, 0.2) is 0 Å². The number of hydrogen-bond donors (Lipinski definition) is 0. The molecule has 0 aliphatic carbocycles. The van der Waals surface area contributed by atoms with E-state index in [1.807, 2.05) is 0 Å². The highest BCUT2D eigenvalue weighted by Crippen LogP contribution is 2.29. The van der Waals surface area contributed by atoms with Gasteiger partial charge in [-0.1, -0.05) is 0 Å². The molecule has 0 aromatic heterocycles. The van der Waals surface area contributed by atoms with Crippen LogP contribution in [-0.2, 0) is 11.0 Å². The van der Waals surface area contributed by atoms with E-state index in [0.29, 0.717) is 44.9 Å². The van der Waals surface area contributed by atoms with Gasteiger partial charge in [-0.15, -0.1) is 11.6 Å². The molecule has 132 valence electrons. The van der Waals surface area contributed by atoms with Crippen molar-refractivity contribution in [3.05, 3.63) is 35.4 Å². The van der Waals surface area contributed by atoms with Crippen molar-refractivity contribution in [1.29, 1.82) is 0 Å². The van der Waals surface area contributed by atoms with Gasteiger partial charge in [0, 0.05) is 44.0 Å². The summed E-state index contributed by atoms with van der Waals surface area (Å²) in [5.74, 6) is 0.117. The lowest BCUT2D eigenvalue weighted by molar-refractivity contribution is -0.137. The molecule has 1 heterocycles. The zero-order valence-corrected chi connectivity index (χ0v) is 13.7. The number of amides is 2. The molecular formula is C16H18ClF3N2O2. The van der Waals surface area contributed by atoms with E-state index in [1.165, 1.54) is 12.1 Å². The van der Waals surface area contributed by atoms with Crippen molar-refractivity contribution in [1.82, 2.24) is 9.80 Å². The van der Waals surface area contributed by atoms with Crippen molar-refractivity contribution in [3.63, 3.8) is 0 Å². The van der Waals surface area contributed by atoms with E-state index >= 15 is 0 Å². The maximum atomic E-state index is 12.5. The van der Waals surface area contributed by atoms with Gasteiger partial charge >= 0.3 is 6.18 Å². The van der Waals surface area contributed by atoms with Crippen molar-refractivity contribution in [3.8, 4) is 0 Å². The second-order valence-electron chi connectivity index (χ2n) is 5.54. The van der Waals surface area contributed by atoms with Crippen LogP contribution in [0.25, 0.3) is 0 Å². The van der Waals surface area contributed by atoms with Crippen LogP contribution in [0.1, 0.15) is 28.8 Å². The lowest BCUT2D eigenvalue weighted by Crippen LogP contribution is -2.50. The van der Waals surface area contributed by atoms with Crippen LogP contribution in [0.2, 0.25) is 0 Å². The number of carbonyl (C=O) groups excluding carboxylic acids is 2. The maximum absolute atomic E-state index is 12.5. The van der Waals surface area contributed by atoms with Gasteiger partial charge in [-0.05, 0) is 30.7 Å². The first-order chi connectivity index (χ1) is 11.3. The number of nitrogens with zero attached hydrogens (tertiary/aromatic N) is 2. The van der Waals surface area contributed by atoms with Gasteiger partial charge in [-0.2, -0.15) is 13.2 Å². The smallest absolute Gasteiger partial charge is 0.339 e. The van der Waals surface area contributed by atoms with E-state index < -0.39 is 11.7 Å². The Hall–Kier alpha value is -1.76. The summed E-state index contributed by atoms with van der Waals surface area (Å²) in [6.07, 6.45) is -3.42. The number of rotatable bonds is 4. The molecule has 24 heavy (non-hydrogen) atoms. The Balaban J connectivity index is 1.92. The number of benzene rings is 1. The average Bonchev–Trinajstić information content (AvgIpc) is 2.58.